The fourth-order valence-corrected chi connectivity index (χ4v) is 3.50. The largest absolute Gasteiger partial charge is 0.441 e. The summed E-state index contributed by atoms with van der Waals surface area (Å²) >= 11 is 1.74. The van der Waals surface area contributed by atoms with Crippen LogP contribution in [0.4, 0.5) is 0 Å². The van der Waals surface area contributed by atoms with Crippen LogP contribution < -0.4 is 5.32 Å². The first-order valence-corrected chi connectivity index (χ1v) is 10.1. The lowest BCUT2D eigenvalue weighted by Gasteiger charge is -2.04. The van der Waals surface area contributed by atoms with Crippen molar-refractivity contribution in [1.82, 2.24) is 10.3 Å². The predicted octanol–water partition coefficient (Wildman–Crippen LogP) is 4.63. The van der Waals surface area contributed by atoms with Crippen LogP contribution in [0.15, 0.2) is 57.8 Å². The molecular formula is C22H24N2O3S. The second-order valence-electron chi connectivity index (χ2n) is 6.45. The monoisotopic (exact) mass is 396 g/mol. The summed E-state index contributed by atoms with van der Waals surface area (Å²) < 4.78 is 10.8. The molecule has 0 saturated heterocycles. The van der Waals surface area contributed by atoms with Crippen LogP contribution in [0.2, 0.25) is 0 Å². The van der Waals surface area contributed by atoms with Gasteiger partial charge < -0.3 is 14.5 Å². The number of thioether (sulfide) groups is 1. The van der Waals surface area contributed by atoms with Gasteiger partial charge in [0.25, 0.3) is 5.91 Å². The maximum Gasteiger partial charge on any atom is 0.251 e. The zero-order valence-electron chi connectivity index (χ0n) is 16.3. The van der Waals surface area contributed by atoms with Crippen molar-refractivity contribution in [3.8, 4) is 11.5 Å². The van der Waals surface area contributed by atoms with Crippen molar-refractivity contribution in [1.29, 1.82) is 0 Å². The van der Waals surface area contributed by atoms with E-state index in [4.69, 9.17) is 9.15 Å². The van der Waals surface area contributed by atoms with Crippen LogP contribution in [0.5, 0.6) is 0 Å². The van der Waals surface area contributed by atoms with E-state index in [1.807, 2.05) is 19.1 Å². The Morgan fingerprint density at radius 2 is 1.82 bits per heavy atom. The van der Waals surface area contributed by atoms with E-state index in [9.17, 15) is 4.79 Å². The van der Waals surface area contributed by atoms with E-state index < -0.39 is 0 Å². The summed E-state index contributed by atoms with van der Waals surface area (Å²) in [5.41, 5.74) is 3.63. The Bertz CT molecular complexity index is 918. The van der Waals surface area contributed by atoms with Crippen LogP contribution >= 0.6 is 11.8 Å². The van der Waals surface area contributed by atoms with E-state index in [0.29, 0.717) is 24.6 Å². The minimum absolute atomic E-state index is 0.123. The number of oxazole rings is 1. The Kier molecular flexibility index (Phi) is 6.90. The highest BCUT2D eigenvalue weighted by Crippen LogP contribution is 2.28. The summed E-state index contributed by atoms with van der Waals surface area (Å²) in [5.74, 6) is 2.01. The molecule has 2 aromatic carbocycles. The number of hydrogen-bond donors (Lipinski definition) is 1. The number of hydrogen-bond acceptors (Lipinski definition) is 5. The third kappa shape index (κ3) is 5.24. The maximum atomic E-state index is 12.1. The minimum atomic E-state index is -0.123. The van der Waals surface area contributed by atoms with Crippen molar-refractivity contribution < 1.29 is 13.9 Å². The Labute approximate surface area is 169 Å². The van der Waals surface area contributed by atoms with Gasteiger partial charge in [-0.3, -0.25) is 4.79 Å². The van der Waals surface area contributed by atoms with Crippen LogP contribution in [0.3, 0.4) is 0 Å². The molecule has 3 aromatic rings. The number of amides is 1. The third-order valence-electron chi connectivity index (χ3n) is 4.27. The summed E-state index contributed by atoms with van der Waals surface area (Å²) in [5, 5.41) is 2.80. The van der Waals surface area contributed by atoms with Gasteiger partial charge in [-0.15, -0.1) is 11.8 Å². The molecule has 0 unspecified atom stereocenters. The molecule has 0 aliphatic heterocycles. The topological polar surface area (TPSA) is 64.4 Å². The standard InChI is InChI=1S/C22H24N2O3S/c1-15-4-10-19(11-5-15)28-14-20-16(2)27-22(24-20)18-8-6-17(7-9-18)21(25)23-12-13-26-3/h4-11H,12-14H2,1-3H3,(H,23,25). The van der Waals surface area contributed by atoms with Crippen molar-refractivity contribution in [2.75, 3.05) is 20.3 Å². The van der Waals surface area contributed by atoms with Crippen molar-refractivity contribution in [2.45, 2.75) is 24.5 Å². The SMILES string of the molecule is COCCNC(=O)c1ccc(-c2nc(CSc3ccc(C)cc3)c(C)o2)cc1. The van der Waals surface area contributed by atoms with Crippen molar-refractivity contribution in [3.63, 3.8) is 0 Å². The van der Waals surface area contributed by atoms with Gasteiger partial charge in [-0.25, -0.2) is 4.98 Å². The first-order valence-electron chi connectivity index (χ1n) is 9.10. The average Bonchev–Trinajstić information content (AvgIpc) is 3.08. The molecule has 1 heterocycles. The molecule has 28 heavy (non-hydrogen) atoms. The third-order valence-corrected chi connectivity index (χ3v) is 5.30. The lowest BCUT2D eigenvalue weighted by Crippen LogP contribution is -2.26. The van der Waals surface area contributed by atoms with Gasteiger partial charge in [0.1, 0.15) is 5.76 Å². The normalized spacial score (nSPS) is 10.8. The van der Waals surface area contributed by atoms with Gasteiger partial charge in [-0.05, 0) is 50.2 Å². The molecule has 0 atom stereocenters. The molecule has 0 saturated carbocycles. The molecule has 1 N–H and O–H groups in total. The molecule has 0 aliphatic rings. The molecule has 5 nitrogen and oxygen atoms in total. The molecule has 0 bridgehead atoms. The van der Waals surface area contributed by atoms with E-state index in [1.165, 1.54) is 10.5 Å². The van der Waals surface area contributed by atoms with Gasteiger partial charge in [-0.1, -0.05) is 17.7 Å². The zero-order chi connectivity index (χ0) is 19.9. The number of nitrogens with one attached hydrogen (secondary N) is 1. The Morgan fingerprint density at radius 1 is 1.11 bits per heavy atom. The molecular weight excluding hydrogens is 372 g/mol. The van der Waals surface area contributed by atoms with Crippen LogP contribution in [0, 0.1) is 13.8 Å². The summed E-state index contributed by atoms with van der Waals surface area (Å²) in [7, 11) is 1.60. The molecule has 0 aliphatic carbocycles. The Balaban J connectivity index is 1.65. The fourth-order valence-electron chi connectivity index (χ4n) is 2.60. The maximum absolute atomic E-state index is 12.1. The van der Waals surface area contributed by atoms with Crippen molar-refractivity contribution in [2.24, 2.45) is 0 Å². The van der Waals surface area contributed by atoms with Crippen LogP contribution in [-0.4, -0.2) is 31.2 Å². The highest BCUT2D eigenvalue weighted by Gasteiger charge is 2.13. The van der Waals surface area contributed by atoms with Crippen molar-refractivity contribution >= 4 is 17.7 Å². The Morgan fingerprint density at radius 3 is 2.50 bits per heavy atom. The quantitative estimate of drug-likeness (QED) is 0.444. The number of methoxy groups -OCH3 is 1. The number of carbonyl (C=O) groups excluding carboxylic acids is 1. The van der Waals surface area contributed by atoms with Gasteiger partial charge in [0, 0.05) is 35.4 Å². The second-order valence-corrected chi connectivity index (χ2v) is 7.50. The molecule has 146 valence electrons. The number of carbonyl (C=O) groups is 1. The second kappa shape index (κ2) is 9.57. The number of aromatic nitrogens is 1. The van der Waals surface area contributed by atoms with Gasteiger partial charge in [0.15, 0.2) is 0 Å². The number of benzene rings is 2. The van der Waals surface area contributed by atoms with Gasteiger partial charge in [0.2, 0.25) is 5.89 Å². The molecule has 0 radical (unpaired) electrons. The van der Waals surface area contributed by atoms with Crippen LogP contribution in [0.25, 0.3) is 11.5 Å². The summed E-state index contributed by atoms with van der Waals surface area (Å²) in [6, 6.07) is 15.7. The summed E-state index contributed by atoms with van der Waals surface area (Å²) in [4.78, 5) is 17.9. The highest BCUT2D eigenvalue weighted by atomic mass is 32.2. The molecule has 3 rings (SSSR count). The average molecular weight is 397 g/mol. The number of rotatable bonds is 8. The zero-order valence-corrected chi connectivity index (χ0v) is 17.1. The lowest BCUT2D eigenvalue weighted by atomic mass is 10.1. The highest BCUT2D eigenvalue weighted by molar-refractivity contribution is 7.98. The minimum Gasteiger partial charge on any atom is -0.441 e. The first kappa shape index (κ1) is 20.2. The number of nitrogens with zero attached hydrogens (tertiary/aromatic N) is 1. The fraction of sp³-hybridized carbons (Fsp3) is 0.273. The molecule has 1 amide bonds. The van der Waals surface area contributed by atoms with E-state index in [0.717, 1.165) is 22.8 Å². The number of aryl methyl sites for hydroxylation is 2. The van der Waals surface area contributed by atoms with E-state index in [1.54, 1.807) is 31.0 Å². The van der Waals surface area contributed by atoms with Gasteiger partial charge in [-0.2, -0.15) is 0 Å². The van der Waals surface area contributed by atoms with Crippen LogP contribution in [0.1, 0.15) is 27.4 Å². The van der Waals surface area contributed by atoms with E-state index in [-0.39, 0.29) is 5.91 Å². The summed E-state index contributed by atoms with van der Waals surface area (Å²) in [6.45, 7) is 4.98. The molecule has 1 aromatic heterocycles. The van der Waals surface area contributed by atoms with Gasteiger partial charge >= 0.3 is 0 Å². The van der Waals surface area contributed by atoms with E-state index in [2.05, 4.69) is 41.5 Å². The number of ether oxygens (including phenoxy) is 1. The van der Waals surface area contributed by atoms with Crippen molar-refractivity contribution in [3.05, 3.63) is 71.1 Å². The smallest absolute Gasteiger partial charge is 0.251 e. The predicted molar refractivity (Wildman–Crippen MR) is 112 cm³/mol. The van der Waals surface area contributed by atoms with Crippen LogP contribution in [-0.2, 0) is 10.5 Å². The van der Waals surface area contributed by atoms with Gasteiger partial charge in [0.05, 0.1) is 12.3 Å². The molecule has 0 fully saturated rings. The molecule has 6 heteroatoms. The van der Waals surface area contributed by atoms with E-state index >= 15 is 0 Å². The molecule has 0 spiro atoms. The first-order chi connectivity index (χ1) is 13.6. The summed E-state index contributed by atoms with van der Waals surface area (Å²) in [6.07, 6.45) is 0. The lowest BCUT2D eigenvalue weighted by molar-refractivity contribution is 0.0937. The Hall–Kier alpha value is -2.57.